The van der Waals surface area contributed by atoms with Crippen LogP contribution in [0, 0.1) is 6.92 Å². The van der Waals surface area contributed by atoms with Gasteiger partial charge in [0, 0.05) is 23.3 Å². The first-order valence-corrected chi connectivity index (χ1v) is 7.45. The van der Waals surface area contributed by atoms with E-state index in [0.717, 1.165) is 11.3 Å². The summed E-state index contributed by atoms with van der Waals surface area (Å²) in [7, 11) is -3.80. The zero-order valence-electron chi connectivity index (χ0n) is 10.9. The van der Waals surface area contributed by atoms with Crippen LogP contribution >= 0.6 is 0 Å². The summed E-state index contributed by atoms with van der Waals surface area (Å²) in [5.41, 5.74) is 1.79. The van der Waals surface area contributed by atoms with Crippen LogP contribution in [0.1, 0.15) is 18.2 Å². The van der Waals surface area contributed by atoms with Crippen LogP contribution in [0.2, 0.25) is 0 Å². The van der Waals surface area contributed by atoms with Gasteiger partial charge in [-0.15, -0.1) is 4.28 Å². The summed E-state index contributed by atoms with van der Waals surface area (Å²) in [6, 6.07) is 12.0. The van der Waals surface area contributed by atoms with Gasteiger partial charge in [-0.05, 0) is 25.1 Å². The molecule has 1 aromatic carbocycles. The highest BCUT2D eigenvalue weighted by Gasteiger charge is 2.23. The molecule has 0 bridgehead atoms. The van der Waals surface area contributed by atoms with Gasteiger partial charge in [0.05, 0.1) is 0 Å². The second kappa shape index (κ2) is 5.40. The zero-order valence-corrected chi connectivity index (χ0v) is 11.7. The van der Waals surface area contributed by atoms with Crippen LogP contribution in [0.5, 0.6) is 0 Å². The maximum atomic E-state index is 12.1. The molecule has 0 spiro atoms. The Morgan fingerprint density at radius 2 is 1.79 bits per heavy atom. The van der Waals surface area contributed by atoms with Gasteiger partial charge < -0.3 is 0 Å². The van der Waals surface area contributed by atoms with Gasteiger partial charge in [0.25, 0.3) is 0 Å². The number of benzene rings is 1. The molecule has 1 aromatic heterocycles. The van der Waals surface area contributed by atoms with Crippen molar-refractivity contribution in [3.63, 3.8) is 0 Å². The largest absolute Gasteiger partial charge is 0.396 e. The monoisotopic (exact) mass is 278 g/mol. The first kappa shape index (κ1) is 13.5. The van der Waals surface area contributed by atoms with Crippen molar-refractivity contribution in [2.45, 2.75) is 25.2 Å². The van der Waals surface area contributed by atoms with E-state index in [-0.39, 0.29) is 4.90 Å². The van der Waals surface area contributed by atoms with Gasteiger partial charge in [-0.3, -0.25) is 0 Å². The predicted molar refractivity (Wildman–Crippen MR) is 71.0 cm³/mol. The van der Waals surface area contributed by atoms with E-state index in [1.807, 2.05) is 26.0 Å². The SMILES string of the molecule is CCc1cccc[n+]1OS(=O)(=O)c1ccc(C)cc1. The number of aryl methyl sites for hydroxylation is 2. The van der Waals surface area contributed by atoms with E-state index in [0.29, 0.717) is 6.42 Å². The fraction of sp³-hybridized carbons (Fsp3) is 0.214. The number of pyridine rings is 1. The van der Waals surface area contributed by atoms with Crippen molar-refractivity contribution in [2.24, 2.45) is 0 Å². The summed E-state index contributed by atoms with van der Waals surface area (Å²) >= 11 is 0. The summed E-state index contributed by atoms with van der Waals surface area (Å²) in [5, 5.41) is 0. The molecule has 0 saturated carbocycles. The molecule has 0 saturated heterocycles. The number of nitrogens with zero attached hydrogens (tertiary/aromatic N) is 1. The zero-order chi connectivity index (χ0) is 13.9. The summed E-state index contributed by atoms with van der Waals surface area (Å²) in [6.45, 7) is 3.84. The van der Waals surface area contributed by atoms with Gasteiger partial charge in [-0.2, -0.15) is 8.42 Å². The molecule has 0 aliphatic rings. The Morgan fingerprint density at radius 3 is 2.42 bits per heavy atom. The minimum atomic E-state index is -3.80. The molecule has 0 aliphatic heterocycles. The van der Waals surface area contributed by atoms with Crippen LogP contribution < -0.4 is 9.01 Å². The molecular weight excluding hydrogens is 262 g/mol. The van der Waals surface area contributed by atoms with Gasteiger partial charge in [0.1, 0.15) is 4.90 Å². The smallest absolute Gasteiger partial charge is 0.176 e. The molecule has 4 nitrogen and oxygen atoms in total. The molecule has 5 heteroatoms. The Kier molecular flexibility index (Phi) is 3.85. The van der Waals surface area contributed by atoms with Crippen LogP contribution in [-0.4, -0.2) is 8.42 Å². The molecule has 19 heavy (non-hydrogen) atoms. The van der Waals surface area contributed by atoms with Crippen molar-refractivity contribution in [3.8, 4) is 0 Å². The second-order valence-electron chi connectivity index (χ2n) is 4.21. The van der Waals surface area contributed by atoms with Gasteiger partial charge >= 0.3 is 10.1 Å². The molecule has 100 valence electrons. The van der Waals surface area contributed by atoms with Crippen molar-refractivity contribution < 1.29 is 17.4 Å². The van der Waals surface area contributed by atoms with Crippen molar-refractivity contribution in [1.82, 2.24) is 0 Å². The Bertz CT molecular complexity index is 663. The Hall–Kier alpha value is -1.88. The summed E-state index contributed by atoms with van der Waals surface area (Å²) in [4.78, 5) is 0.150. The minimum absolute atomic E-state index is 0.150. The summed E-state index contributed by atoms with van der Waals surface area (Å²) in [5.74, 6) is 0. The van der Waals surface area contributed by atoms with Crippen molar-refractivity contribution >= 4 is 10.1 Å². The van der Waals surface area contributed by atoms with Crippen LogP contribution in [0.3, 0.4) is 0 Å². The number of hydrogen-bond acceptors (Lipinski definition) is 3. The number of aromatic nitrogens is 1. The van der Waals surface area contributed by atoms with E-state index in [4.69, 9.17) is 4.28 Å². The molecule has 0 amide bonds. The summed E-state index contributed by atoms with van der Waals surface area (Å²) in [6.07, 6.45) is 2.27. The minimum Gasteiger partial charge on any atom is -0.176 e. The average molecular weight is 278 g/mol. The fourth-order valence-corrected chi connectivity index (χ4v) is 2.58. The van der Waals surface area contributed by atoms with E-state index >= 15 is 0 Å². The first-order chi connectivity index (χ1) is 9.03. The van der Waals surface area contributed by atoms with E-state index < -0.39 is 10.1 Å². The fourth-order valence-electron chi connectivity index (χ4n) is 1.66. The van der Waals surface area contributed by atoms with Gasteiger partial charge in [0.15, 0.2) is 0 Å². The molecule has 2 aromatic rings. The molecule has 0 aliphatic carbocycles. The molecule has 1 heterocycles. The lowest BCUT2D eigenvalue weighted by Gasteiger charge is -2.03. The van der Waals surface area contributed by atoms with E-state index in [9.17, 15) is 8.42 Å². The average Bonchev–Trinajstić information content (AvgIpc) is 2.39. The highest BCUT2D eigenvalue weighted by molar-refractivity contribution is 7.86. The maximum absolute atomic E-state index is 12.1. The van der Waals surface area contributed by atoms with Crippen LogP contribution in [0.15, 0.2) is 53.6 Å². The van der Waals surface area contributed by atoms with Gasteiger partial charge in [0.2, 0.25) is 11.9 Å². The number of rotatable bonds is 4. The molecule has 0 atom stereocenters. The molecule has 0 fully saturated rings. The van der Waals surface area contributed by atoms with E-state index in [1.54, 1.807) is 36.5 Å². The van der Waals surface area contributed by atoms with Gasteiger partial charge in [-0.25, -0.2) is 0 Å². The summed E-state index contributed by atoms with van der Waals surface area (Å²) < 4.78 is 30.7. The van der Waals surface area contributed by atoms with Crippen LogP contribution in [0.4, 0.5) is 0 Å². The third-order valence-corrected chi connectivity index (χ3v) is 3.96. The second-order valence-corrected chi connectivity index (χ2v) is 5.74. The molecule has 2 rings (SSSR count). The Labute approximate surface area is 113 Å². The Morgan fingerprint density at radius 1 is 1.11 bits per heavy atom. The lowest BCUT2D eigenvalue weighted by atomic mass is 10.2. The standard InChI is InChI=1S/C14H16NO3S/c1-3-13-6-4-5-11-15(13)18-19(16,17)14-9-7-12(2)8-10-14/h4-11H,3H2,1-2H3/q+1. The molecule has 0 radical (unpaired) electrons. The van der Waals surface area contributed by atoms with Crippen molar-refractivity contribution in [3.05, 3.63) is 59.9 Å². The first-order valence-electron chi connectivity index (χ1n) is 6.04. The van der Waals surface area contributed by atoms with Crippen molar-refractivity contribution in [1.29, 1.82) is 0 Å². The lowest BCUT2D eigenvalue weighted by molar-refractivity contribution is -0.861. The highest BCUT2D eigenvalue weighted by Crippen LogP contribution is 2.10. The third-order valence-electron chi connectivity index (χ3n) is 2.75. The number of hydrogen-bond donors (Lipinski definition) is 0. The predicted octanol–water partition coefficient (Wildman–Crippen LogP) is 1.66. The topological polar surface area (TPSA) is 47.2 Å². The lowest BCUT2D eigenvalue weighted by Crippen LogP contribution is -2.48. The maximum Gasteiger partial charge on any atom is 0.396 e. The van der Waals surface area contributed by atoms with Crippen molar-refractivity contribution in [2.75, 3.05) is 0 Å². The quantitative estimate of drug-likeness (QED) is 0.799. The highest BCUT2D eigenvalue weighted by atomic mass is 32.2. The van der Waals surface area contributed by atoms with E-state index in [1.165, 1.54) is 4.73 Å². The van der Waals surface area contributed by atoms with Crippen LogP contribution in [-0.2, 0) is 16.5 Å². The molecule has 0 N–H and O–H groups in total. The Balaban J connectivity index is 2.34. The third kappa shape index (κ3) is 3.12. The normalized spacial score (nSPS) is 11.3. The van der Waals surface area contributed by atoms with E-state index in [2.05, 4.69) is 0 Å². The van der Waals surface area contributed by atoms with Crippen LogP contribution in [0.25, 0.3) is 0 Å². The van der Waals surface area contributed by atoms with Gasteiger partial charge in [-0.1, -0.05) is 24.6 Å². The molecular formula is C14H16NO3S+. The molecule has 0 unspecified atom stereocenters.